The van der Waals surface area contributed by atoms with E-state index in [1.807, 2.05) is 31.2 Å². The first-order valence-electron chi connectivity index (χ1n) is 9.68. The molecule has 2 aromatic rings. The molecule has 0 aliphatic carbocycles. The smallest absolute Gasteiger partial charge is 0.231 e. The van der Waals surface area contributed by atoms with Crippen molar-refractivity contribution < 1.29 is 29.0 Å². The summed E-state index contributed by atoms with van der Waals surface area (Å²) >= 11 is 0. The van der Waals surface area contributed by atoms with Gasteiger partial charge in [0.25, 0.3) is 0 Å². The fraction of sp³-hybridized carbons (Fsp3) is 0.348. The standard InChI is InChI=1S/C23H27NO5/c1-16-4-6-17(7-5-16)14-21-22(26)18-8-9-20(25)19(23(18)29-21)15-24(10-12-27-2)11-13-28-3/h4-9,14,25H,10-13,15H2,1-3H3. The van der Waals surface area contributed by atoms with Gasteiger partial charge in [0.1, 0.15) is 25.4 Å². The Morgan fingerprint density at radius 1 is 1.03 bits per heavy atom. The van der Waals surface area contributed by atoms with Gasteiger partial charge in [0, 0.05) is 19.8 Å². The van der Waals surface area contributed by atoms with Gasteiger partial charge in [0.05, 0.1) is 18.8 Å². The average molecular weight is 397 g/mol. The summed E-state index contributed by atoms with van der Waals surface area (Å²) in [6, 6.07) is 10.8. The Balaban J connectivity index is 1.88. The molecule has 0 fully saturated rings. The molecule has 0 bridgehead atoms. The summed E-state index contributed by atoms with van der Waals surface area (Å²) in [5.41, 5.74) is 2.98. The van der Waals surface area contributed by atoms with E-state index in [-0.39, 0.29) is 17.3 Å². The van der Waals surface area contributed by atoms with Crippen molar-refractivity contribution >= 4 is 11.9 Å². The van der Waals surface area contributed by atoms with Crippen molar-refractivity contribution in [2.75, 3.05) is 40.5 Å². The Kier molecular flexibility index (Phi) is 7.04. The first-order chi connectivity index (χ1) is 14.0. The SMILES string of the molecule is COCC[NH+](CCOC)Cc1c([O-])ccc2c1OC(=Cc1ccc(C)cc1)C2=O. The number of carbonyl (C=O) groups is 1. The Labute approximate surface area is 171 Å². The summed E-state index contributed by atoms with van der Waals surface area (Å²) in [4.78, 5) is 14.0. The molecule has 1 N–H and O–H groups in total. The summed E-state index contributed by atoms with van der Waals surface area (Å²) in [6.07, 6.45) is 1.72. The molecule has 1 heterocycles. The minimum atomic E-state index is -0.197. The molecule has 0 radical (unpaired) electrons. The lowest BCUT2D eigenvalue weighted by Crippen LogP contribution is -3.11. The van der Waals surface area contributed by atoms with E-state index in [1.165, 1.54) is 6.07 Å². The normalized spacial score (nSPS) is 14.5. The third kappa shape index (κ3) is 5.03. The number of ketones is 1. The maximum atomic E-state index is 12.8. The number of Topliss-reactive ketones (excluding diaryl/α,β-unsaturated/α-hetero) is 1. The molecule has 154 valence electrons. The van der Waals surface area contributed by atoms with E-state index >= 15 is 0 Å². The van der Waals surface area contributed by atoms with Crippen molar-refractivity contribution in [3.63, 3.8) is 0 Å². The van der Waals surface area contributed by atoms with Crippen LogP contribution < -0.4 is 14.7 Å². The fourth-order valence-electron chi connectivity index (χ4n) is 3.32. The minimum absolute atomic E-state index is 0.125. The van der Waals surface area contributed by atoms with E-state index in [0.717, 1.165) is 29.1 Å². The molecule has 3 rings (SSSR count). The second-order valence-corrected chi connectivity index (χ2v) is 7.18. The first-order valence-corrected chi connectivity index (χ1v) is 9.68. The van der Waals surface area contributed by atoms with Crippen LogP contribution in [0.1, 0.15) is 27.0 Å². The number of fused-ring (bicyclic) bond motifs is 1. The lowest BCUT2D eigenvalue weighted by atomic mass is 10.0. The largest absolute Gasteiger partial charge is 0.872 e. The van der Waals surface area contributed by atoms with Crippen molar-refractivity contribution in [1.82, 2.24) is 0 Å². The molecule has 1 aliphatic rings. The molecule has 0 atom stereocenters. The van der Waals surface area contributed by atoms with E-state index in [9.17, 15) is 9.90 Å². The second-order valence-electron chi connectivity index (χ2n) is 7.18. The molecule has 1 aliphatic heterocycles. The van der Waals surface area contributed by atoms with Crippen LogP contribution in [0, 0.1) is 6.92 Å². The van der Waals surface area contributed by atoms with Crippen molar-refractivity contribution in [2.45, 2.75) is 13.5 Å². The Morgan fingerprint density at radius 2 is 1.69 bits per heavy atom. The summed E-state index contributed by atoms with van der Waals surface area (Å²) in [5.74, 6) is 0.303. The molecule has 0 unspecified atom stereocenters. The van der Waals surface area contributed by atoms with Gasteiger partial charge in [0.15, 0.2) is 5.76 Å². The molecular weight excluding hydrogens is 370 g/mol. The number of hydrogen-bond acceptors (Lipinski definition) is 5. The Bertz CT molecular complexity index is 881. The summed E-state index contributed by atoms with van der Waals surface area (Å²) in [5, 5.41) is 12.6. The maximum absolute atomic E-state index is 12.8. The third-order valence-electron chi connectivity index (χ3n) is 5.02. The minimum Gasteiger partial charge on any atom is -0.872 e. The zero-order valence-electron chi connectivity index (χ0n) is 17.1. The first kappa shape index (κ1) is 21.0. The van der Waals surface area contributed by atoms with E-state index in [1.54, 1.807) is 26.4 Å². The molecule has 0 aromatic heterocycles. The number of rotatable bonds is 9. The van der Waals surface area contributed by atoms with Crippen LogP contribution in [0.4, 0.5) is 0 Å². The van der Waals surface area contributed by atoms with E-state index < -0.39 is 0 Å². The summed E-state index contributed by atoms with van der Waals surface area (Å²) in [7, 11) is 3.30. The predicted molar refractivity (Wildman–Crippen MR) is 108 cm³/mol. The number of allylic oxidation sites excluding steroid dienone is 1. The van der Waals surface area contributed by atoms with Gasteiger partial charge in [-0.2, -0.15) is 0 Å². The highest BCUT2D eigenvalue weighted by atomic mass is 16.5. The quantitative estimate of drug-likeness (QED) is 0.647. The predicted octanol–water partition coefficient (Wildman–Crippen LogP) is 1.36. The number of methoxy groups -OCH3 is 2. The Hall–Kier alpha value is -2.67. The number of aryl methyl sites for hydroxylation is 1. The molecule has 6 heteroatoms. The van der Waals surface area contributed by atoms with Crippen LogP contribution in [0.5, 0.6) is 11.5 Å². The fourth-order valence-corrected chi connectivity index (χ4v) is 3.32. The van der Waals surface area contributed by atoms with Gasteiger partial charge in [-0.15, -0.1) is 0 Å². The number of quaternary nitrogens is 1. The van der Waals surface area contributed by atoms with Gasteiger partial charge in [0.2, 0.25) is 5.78 Å². The lowest BCUT2D eigenvalue weighted by molar-refractivity contribution is -0.914. The van der Waals surface area contributed by atoms with Crippen LogP contribution in [0.15, 0.2) is 42.2 Å². The van der Waals surface area contributed by atoms with Crippen molar-refractivity contribution in [1.29, 1.82) is 0 Å². The van der Waals surface area contributed by atoms with Crippen LogP contribution in [0.3, 0.4) is 0 Å². The molecule has 0 saturated heterocycles. The monoisotopic (exact) mass is 397 g/mol. The van der Waals surface area contributed by atoms with Gasteiger partial charge in [-0.05, 0) is 24.6 Å². The molecule has 2 aromatic carbocycles. The van der Waals surface area contributed by atoms with Gasteiger partial charge in [-0.3, -0.25) is 4.79 Å². The number of ether oxygens (including phenoxy) is 3. The van der Waals surface area contributed by atoms with E-state index in [0.29, 0.717) is 36.6 Å². The van der Waals surface area contributed by atoms with Gasteiger partial charge in [-0.25, -0.2) is 0 Å². The molecule has 6 nitrogen and oxygen atoms in total. The lowest BCUT2D eigenvalue weighted by Gasteiger charge is -2.23. The molecular formula is C23H27NO5. The van der Waals surface area contributed by atoms with Crippen molar-refractivity contribution in [3.05, 3.63) is 64.4 Å². The van der Waals surface area contributed by atoms with Crippen LogP contribution in [-0.4, -0.2) is 46.3 Å². The number of nitrogens with one attached hydrogen (secondary N) is 1. The molecule has 0 amide bonds. The zero-order valence-corrected chi connectivity index (χ0v) is 17.1. The number of hydrogen-bond donors (Lipinski definition) is 1. The van der Waals surface area contributed by atoms with Crippen molar-refractivity contribution in [3.8, 4) is 11.5 Å². The van der Waals surface area contributed by atoms with Crippen LogP contribution in [0.25, 0.3) is 6.08 Å². The van der Waals surface area contributed by atoms with Crippen LogP contribution in [-0.2, 0) is 16.0 Å². The highest BCUT2D eigenvalue weighted by molar-refractivity contribution is 6.14. The van der Waals surface area contributed by atoms with Crippen LogP contribution in [0.2, 0.25) is 0 Å². The van der Waals surface area contributed by atoms with Crippen LogP contribution >= 0.6 is 0 Å². The highest BCUT2D eigenvalue weighted by Gasteiger charge is 2.31. The van der Waals surface area contributed by atoms with Crippen molar-refractivity contribution in [2.24, 2.45) is 0 Å². The molecule has 29 heavy (non-hydrogen) atoms. The second kappa shape index (κ2) is 9.69. The number of benzene rings is 2. The number of carbonyl (C=O) groups excluding carboxylic acids is 1. The van der Waals surface area contributed by atoms with Gasteiger partial charge in [-0.1, -0.05) is 41.6 Å². The van der Waals surface area contributed by atoms with Gasteiger partial charge >= 0.3 is 0 Å². The maximum Gasteiger partial charge on any atom is 0.231 e. The third-order valence-corrected chi connectivity index (χ3v) is 5.02. The van der Waals surface area contributed by atoms with E-state index in [2.05, 4.69) is 0 Å². The zero-order chi connectivity index (χ0) is 20.8. The molecule has 0 spiro atoms. The van der Waals surface area contributed by atoms with E-state index in [4.69, 9.17) is 14.2 Å². The molecule has 0 saturated carbocycles. The average Bonchev–Trinajstić information content (AvgIpc) is 3.03. The summed E-state index contributed by atoms with van der Waals surface area (Å²) < 4.78 is 16.3. The topological polar surface area (TPSA) is 72.3 Å². The van der Waals surface area contributed by atoms with Gasteiger partial charge < -0.3 is 24.2 Å². The highest BCUT2D eigenvalue weighted by Crippen LogP contribution is 2.38. The Morgan fingerprint density at radius 3 is 2.31 bits per heavy atom. The summed E-state index contributed by atoms with van der Waals surface area (Å²) in [6.45, 7) is 5.04.